The summed E-state index contributed by atoms with van der Waals surface area (Å²) in [6, 6.07) is 2.81. The normalized spacial score (nSPS) is 10.2. The molecule has 2 rings (SSSR count). The van der Waals surface area contributed by atoms with Crippen molar-refractivity contribution in [2.45, 2.75) is 0 Å². The van der Waals surface area contributed by atoms with Gasteiger partial charge in [-0.1, -0.05) is 11.6 Å². The first-order valence-electron chi connectivity index (χ1n) is 4.25. The molecule has 0 unspecified atom stereocenters. The van der Waals surface area contributed by atoms with Gasteiger partial charge < -0.3 is 4.74 Å². The Balaban J connectivity index is 2.27. The number of hydrogen-bond donors (Lipinski definition) is 0. The van der Waals surface area contributed by atoms with Crippen LogP contribution in [0.25, 0.3) is 0 Å². The Hall–Kier alpha value is -1.75. The second kappa shape index (κ2) is 4.40. The molecule has 1 aromatic carbocycles. The van der Waals surface area contributed by atoms with Crippen LogP contribution < -0.4 is 4.74 Å². The van der Waals surface area contributed by atoms with Crippen LogP contribution in [0.1, 0.15) is 0 Å². The number of benzene rings is 1. The highest BCUT2D eigenvalue weighted by atomic mass is 35.5. The minimum atomic E-state index is -0.731. The zero-order valence-corrected chi connectivity index (χ0v) is 8.58. The summed E-state index contributed by atoms with van der Waals surface area (Å²) in [5.74, 6) is -1.40. The maximum absolute atomic E-state index is 12.8. The van der Waals surface area contributed by atoms with Crippen molar-refractivity contribution in [2.75, 3.05) is 0 Å². The molecule has 0 saturated heterocycles. The molecular formula is C10H5ClF2N2O. The third kappa shape index (κ3) is 2.64. The molecule has 82 valence electrons. The van der Waals surface area contributed by atoms with Crippen LogP contribution >= 0.6 is 11.6 Å². The Bertz CT molecular complexity index is 502. The van der Waals surface area contributed by atoms with E-state index in [4.69, 9.17) is 16.3 Å². The molecule has 0 N–H and O–H groups in total. The van der Waals surface area contributed by atoms with Crippen LogP contribution in [0.3, 0.4) is 0 Å². The summed E-state index contributed by atoms with van der Waals surface area (Å²) in [4.78, 5) is 7.48. The van der Waals surface area contributed by atoms with Crippen molar-refractivity contribution < 1.29 is 13.5 Å². The minimum absolute atomic E-state index is 0.00549. The van der Waals surface area contributed by atoms with Gasteiger partial charge in [-0.2, -0.15) is 4.98 Å². The molecule has 0 radical (unpaired) electrons. The molecule has 0 fully saturated rings. The molecule has 6 heteroatoms. The van der Waals surface area contributed by atoms with E-state index in [1.54, 1.807) is 0 Å². The van der Waals surface area contributed by atoms with E-state index in [-0.39, 0.29) is 16.8 Å². The van der Waals surface area contributed by atoms with E-state index in [1.807, 2.05) is 0 Å². The molecule has 0 amide bonds. The number of ether oxygens (including phenoxy) is 1. The van der Waals surface area contributed by atoms with E-state index >= 15 is 0 Å². The SMILES string of the molecule is Fc1cc(F)cc(Oc2cncc(Cl)n2)c1. The van der Waals surface area contributed by atoms with Crippen LogP contribution in [0.5, 0.6) is 11.6 Å². The Kier molecular flexibility index (Phi) is 2.96. The quantitative estimate of drug-likeness (QED) is 0.811. The number of rotatable bonds is 2. The average Bonchev–Trinajstić information content (AvgIpc) is 2.15. The molecule has 0 aliphatic heterocycles. The predicted molar refractivity (Wildman–Crippen MR) is 53.5 cm³/mol. The van der Waals surface area contributed by atoms with Gasteiger partial charge in [-0.3, -0.25) is 4.98 Å². The van der Waals surface area contributed by atoms with E-state index < -0.39 is 11.6 Å². The molecule has 0 atom stereocenters. The van der Waals surface area contributed by atoms with E-state index in [0.717, 1.165) is 18.2 Å². The van der Waals surface area contributed by atoms with E-state index in [0.29, 0.717) is 0 Å². The van der Waals surface area contributed by atoms with Crippen LogP contribution in [0.2, 0.25) is 5.15 Å². The van der Waals surface area contributed by atoms with Gasteiger partial charge in [0.25, 0.3) is 0 Å². The fourth-order valence-corrected chi connectivity index (χ4v) is 1.22. The van der Waals surface area contributed by atoms with Crippen LogP contribution in [0, 0.1) is 11.6 Å². The van der Waals surface area contributed by atoms with Crippen molar-refractivity contribution in [3.05, 3.63) is 47.4 Å². The molecule has 2 aromatic rings. The Morgan fingerprint density at radius 2 is 1.75 bits per heavy atom. The van der Waals surface area contributed by atoms with Crippen molar-refractivity contribution in [3.8, 4) is 11.6 Å². The average molecular weight is 243 g/mol. The van der Waals surface area contributed by atoms with Gasteiger partial charge in [0.2, 0.25) is 5.88 Å². The number of nitrogens with zero attached hydrogens (tertiary/aromatic N) is 2. The Labute approximate surface area is 94.7 Å². The molecule has 0 aliphatic rings. The molecule has 0 saturated carbocycles. The standard InChI is InChI=1S/C10H5ClF2N2O/c11-9-4-14-5-10(15-9)16-8-2-6(12)1-7(13)3-8/h1-5H. The number of aromatic nitrogens is 2. The first-order chi connectivity index (χ1) is 7.63. The molecule has 1 heterocycles. The second-order valence-corrected chi connectivity index (χ2v) is 3.27. The zero-order chi connectivity index (χ0) is 11.5. The van der Waals surface area contributed by atoms with Crippen LogP contribution in [-0.2, 0) is 0 Å². The van der Waals surface area contributed by atoms with Crippen molar-refractivity contribution >= 4 is 11.6 Å². The largest absolute Gasteiger partial charge is 0.437 e. The minimum Gasteiger partial charge on any atom is -0.437 e. The lowest BCUT2D eigenvalue weighted by molar-refractivity contribution is 0.449. The highest BCUT2D eigenvalue weighted by Gasteiger charge is 2.04. The van der Waals surface area contributed by atoms with E-state index in [2.05, 4.69) is 9.97 Å². The summed E-state index contributed by atoms with van der Waals surface area (Å²) in [7, 11) is 0. The Morgan fingerprint density at radius 3 is 2.38 bits per heavy atom. The molecule has 1 aromatic heterocycles. The molecule has 3 nitrogen and oxygen atoms in total. The van der Waals surface area contributed by atoms with E-state index in [1.165, 1.54) is 12.4 Å². The third-order valence-electron chi connectivity index (χ3n) is 1.64. The fourth-order valence-electron chi connectivity index (χ4n) is 1.08. The van der Waals surface area contributed by atoms with Crippen LogP contribution in [0.4, 0.5) is 8.78 Å². The van der Waals surface area contributed by atoms with Gasteiger partial charge in [0, 0.05) is 18.2 Å². The first-order valence-corrected chi connectivity index (χ1v) is 4.63. The predicted octanol–water partition coefficient (Wildman–Crippen LogP) is 3.20. The molecule has 0 aliphatic carbocycles. The first kappa shape index (κ1) is 10.8. The molecule has 0 spiro atoms. The summed E-state index contributed by atoms with van der Waals surface area (Å²) >= 11 is 5.57. The van der Waals surface area contributed by atoms with Crippen molar-refractivity contribution in [1.82, 2.24) is 9.97 Å². The zero-order valence-electron chi connectivity index (χ0n) is 7.82. The van der Waals surface area contributed by atoms with Gasteiger partial charge in [-0.05, 0) is 0 Å². The van der Waals surface area contributed by atoms with E-state index in [9.17, 15) is 8.78 Å². The van der Waals surface area contributed by atoms with Gasteiger partial charge in [0.1, 0.15) is 17.4 Å². The number of halogens is 3. The van der Waals surface area contributed by atoms with Crippen LogP contribution in [-0.4, -0.2) is 9.97 Å². The summed E-state index contributed by atoms with van der Waals surface area (Å²) < 4.78 is 30.7. The maximum atomic E-state index is 12.8. The van der Waals surface area contributed by atoms with Crippen molar-refractivity contribution in [2.24, 2.45) is 0 Å². The maximum Gasteiger partial charge on any atom is 0.239 e. The van der Waals surface area contributed by atoms with Crippen LogP contribution in [0.15, 0.2) is 30.6 Å². The number of hydrogen-bond acceptors (Lipinski definition) is 3. The lowest BCUT2D eigenvalue weighted by Crippen LogP contribution is -1.91. The van der Waals surface area contributed by atoms with Gasteiger partial charge in [-0.15, -0.1) is 0 Å². The summed E-state index contributed by atoms with van der Waals surface area (Å²) in [6.07, 6.45) is 2.61. The Morgan fingerprint density at radius 1 is 1.06 bits per heavy atom. The lowest BCUT2D eigenvalue weighted by atomic mass is 10.3. The molecule has 0 bridgehead atoms. The van der Waals surface area contributed by atoms with Gasteiger partial charge in [-0.25, -0.2) is 8.78 Å². The van der Waals surface area contributed by atoms with Gasteiger partial charge in [0.05, 0.1) is 12.4 Å². The third-order valence-corrected chi connectivity index (χ3v) is 1.82. The second-order valence-electron chi connectivity index (χ2n) is 2.89. The topological polar surface area (TPSA) is 35.0 Å². The summed E-state index contributed by atoms with van der Waals surface area (Å²) in [6.45, 7) is 0. The molecular weight excluding hydrogens is 238 g/mol. The van der Waals surface area contributed by atoms with Gasteiger partial charge >= 0.3 is 0 Å². The highest BCUT2D eigenvalue weighted by molar-refractivity contribution is 6.29. The lowest BCUT2D eigenvalue weighted by Gasteiger charge is -2.04. The summed E-state index contributed by atoms with van der Waals surface area (Å²) in [5, 5.41) is 0.134. The van der Waals surface area contributed by atoms with Crippen molar-refractivity contribution in [1.29, 1.82) is 0 Å². The monoisotopic (exact) mass is 242 g/mol. The van der Waals surface area contributed by atoms with Crippen molar-refractivity contribution in [3.63, 3.8) is 0 Å². The summed E-state index contributed by atoms with van der Waals surface area (Å²) in [5.41, 5.74) is 0. The van der Waals surface area contributed by atoms with Gasteiger partial charge in [0.15, 0.2) is 5.15 Å². The smallest absolute Gasteiger partial charge is 0.239 e. The molecule has 16 heavy (non-hydrogen) atoms. The fraction of sp³-hybridized carbons (Fsp3) is 0. The highest BCUT2D eigenvalue weighted by Crippen LogP contribution is 2.21.